The van der Waals surface area contributed by atoms with Gasteiger partial charge in [-0.15, -0.1) is 12.4 Å². The smallest absolute Gasteiger partial charge is 0.326 e. The molecule has 1 aliphatic heterocycles. The molecule has 0 aromatic rings. The normalized spacial score (nSPS) is 25.1. The molecule has 1 amide bonds. The predicted octanol–water partition coefficient (Wildman–Crippen LogP) is 1.78. The van der Waals surface area contributed by atoms with E-state index in [0.717, 1.165) is 19.3 Å². The van der Waals surface area contributed by atoms with Crippen LogP contribution in [0.25, 0.3) is 0 Å². The van der Waals surface area contributed by atoms with Crippen molar-refractivity contribution in [2.45, 2.75) is 63.5 Å². The number of carboxylic acids is 1. The van der Waals surface area contributed by atoms with Gasteiger partial charge in [0.15, 0.2) is 0 Å². The summed E-state index contributed by atoms with van der Waals surface area (Å²) in [6.45, 7) is 0.536. The molecule has 0 aromatic heterocycles. The second kappa shape index (κ2) is 7.84. The number of nitrogens with zero attached hydrogens (tertiary/aromatic N) is 1. The summed E-state index contributed by atoms with van der Waals surface area (Å²) in [5.41, 5.74) is 6.01. The molecule has 1 saturated carbocycles. The van der Waals surface area contributed by atoms with Crippen LogP contribution in [0.4, 0.5) is 0 Å². The van der Waals surface area contributed by atoms with Gasteiger partial charge >= 0.3 is 5.97 Å². The molecule has 2 aliphatic rings. The van der Waals surface area contributed by atoms with Crippen LogP contribution in [0.2, 0.25) is 0 Å². The van der Waals surface area contributed by atoms with E-state index in [1.54, 1.807) is 0 Å². The number of carboxylic acid groups (broad SMARTS) is 1. The molecular weight excluding hydrogens is 280 g/mol. The van der Waals surface area contributed by atoms with Gasteiger partial charge in [0.1, 0.15) is 6.04 Å². The number of hydrogen-bond donors (Lipinski definition) is 2. The lowest BCUT2D eigenvalue weighted by Gasteiger charge is -2.28. The van der Waals surface area contributed by atoms with Gasteiger partial charge in [-0.1, -0.05) is 32.1 Å². The summed E-state index contributed by atoms with van der Waals surface area (Å²) in [6, 6.07) is -1.19. The third kappa shape index (κ3) is 4.09. The Morgan fingerprint density at radius 3 is 2.40 bits per heavy atom. The molecule has 1 heterocycles. The van der Waals surface area contributed by atoms with Crippen molar-refractivity contribution in [2.75, 3.05) is 6.54 Å². The average Bonchev–Trinajstić information content (AvgIpc) is 2.88. The zero-order valence-corrected chi connectivity index (χ0v) is 12.6. The van der Waals surface area contributed by atoms with Gasteiger partial charge < -0.3 is 15.7 Å². The second-order valence-corrected chi connectivity index (χ2v) is 5.87. The molecule has 1 aliphatic carbocycles. The number of amides is 1. The average molecular weight is 305 g/mol. The highest BCUT2D eigenvalue weighted by Gasteiger charge is 2.36. The number of halogens is 1. The largest absolute Gasteiger partial charge is 0.480 e. The number of nitrogens with two attached hydrogens (primary N) is 1. The summed E-state index contributed by atoms with van der Waals surface area (Å²) in [4.78, 5) is 24.8. The van der Waals surface area contributed by atoms with Gasteiger partial charge in [-0.05, 0) is 25.2 Å². The highest BCUT2D eigenvalue weighted by atomic mass is 35.5. The molecule has 0 spiro atoms. The molecular formula is C14H25ClN2O3. The van der Waals surface area contributed by atoms with Crippen LogP contribution in [0, 0.1) is 5.92 Å². The number of carbonyl (C=O) groups excluding carboxylic acids is 1. The van der Waals surface area contributed by atoms with E-state index in [0.29, 0.717) is 25.3 Å². The van der Waals surface area contributed by atoms with Crippen molar-refractivity contribution in [1.82, 2.24) is 4.90 Å². The van der Waals surface area contributed by atoms with E-state index in [2.05, 4.69) is 0 Å². The molecule has 1 saturated heterocycles. The monoisotopic (exact) mass is 304 g/mol. The van der Waals surface area contributed by atoms with Gasteiger partial charge in [-0.3, -0.25) is 4.79 Å². The first kappa shape index (κ1) is 17.2. The topological polar surface area (TPSA) is 83.6 Å². The van der Waals surface area contributed by atoms with Crippen molar-refractivity contribution in [1.29, 1.82) is 0 Å². The fourth-order valence-corrected chi connectivity index (χ4v) is 3.38. The Morgan fingerprint density at radius 2 is 1.80 bits per heavy atom. The maximum Gasteiger partial charge on any atom is 0.326 e. The third-order valence-corrected chi connectivity index (χ3v) is 4.45. The lowest BCUT2D eigenvalue weighted by Crippen LogP contribution is -2.49. The van der Waals surface area contributed by atoms with Gasteiger partial charge in [0.05, 0.1) is 6.04 Å². The molecule has 0 bridgehead atoms. The maximum absolute atomic E-state index is 12.3. The van der Waals surface area contributed by atoms with Gasteiger partial charge in [0.25, 0.3) is 0 Å². The summed E-state index contributed by atoms with van der Waals surface area (Å²) in [5, 5.41) is 9.10. The Morgan fingerprint density at radius 1 is 1.15 bits per heavy atom. The first-order valence-corrected chi connectivity index (χ1v) is 7.38. The Labute approximate surface area is 126 Å². The molecule has 2 fully saturated rings. The summed E-state index contributed by atoms with van der Waals surface area (Å²) in [7, 11) is 0. The van der Waals surface area contributed by atoms with E-state index in [1.807, 2.05) is 0 Å². The maximum atomic E-state index is 12.3. The van der Waals surface area contributed by atoms with Crippen LogP contribution in [0.1, 0.15) is 51.4 Å². The summed E-state index contributed by atoms with van der Waals surface area (Å²) >= 11 is 0. The summed E-state index contributed by atoms with van der Waals surface area (Å²) < 4.78 is 0. The molecule has 0 radical (unpaired) electrons. The first-order chi connectivity index (χ1) is 9.09. The lowest BCUT2D eigenvalue weighted by atomic mass is 9.84. The van der Waals surface area contributed by atoms with Crippen LogP contribution in [0.5, 0.6) is 0 Å². The summed E-state index contributed by atoms with van der Waals surface area (Å²) in [6.07, 6.45) is 8.08. The van der Waals surface area contributed by atoms with Crippen molar-refractivity contribution in [2.24, 2.45) is 11.7 Å². The molecule has 2 rings (SSSR count). The van der Waals surface area contributed by atoms with Crippen LogP contribution in [-0.4, -0.2) is 40.5 Å². The van der Waals surface area contributed by atoms with Crippen LogP contribution in [0.3, 0.4) is 0 Å². The predicted molar refractivity (Wildman–Crippen MR) is 78.8 cm³/mol. The molecule has 3 N–H and O–H groups in total. The van der Waals surface area contributed by atoms with Gasteiger partial charge in [-0.2, -0.15) is 0 Å². The molecule has 6 heteroatoms. The molecule has 116 valence electrons. The minimum Gasteiger partial charge on any atom is -0.480 e. The third-order valence-electron chi connectivity index (χ3n) is 4.45. The fraction of sp³-hybridized carbons (Fsp3) is 0.857. The number of carbonyl (C=O) groups is 2. The number of aliphatic carboxylic acids is 1. The quantitative estimate of drug-likeness (QED) is 0.829. The fourth-order valence-electron chi connectivity index (χ4n) is 3.38. The minimum atomic E-state index is -0.907. The minimum absolute atomic E-state index is 0. The number of rotatable bonds is 4. The Balaban J connectivity index is 0.00000200. The highest BCUT2D eigenvalue weighted by molar-refractivity contribution is 5.87. The van der Waals surface area contributed by atoms with Crippen molar-refractivity contribution in [3.8, 4) is 0 Å². The van der Waals surface area contributed by atoms with E-state index < -0.39 is 18.1 Å². The van der Waals surface area contributed by atoms with Crippen molar-refractivity contribution < 1.29 is 14.7 Å². The zero-order valence-electron chi connectivity index (χ0n) is 11.8. The van der Waals surface area contributed by atoms with Gasteiger partial charge in [0.2, 0.25) is 5.91 Å². The highest BCUT2D eigenvalue weighted by Crippen LogP contribution is 2.28. The Hall–Kier alpha value is -0.810. The zero-order chi connectivity index (χ0) is 13.8. The van der Waals surface area contributed by atoms with Crippen LogP contribution in [-0.2, 0) is 9.59 Å². The van der Waals surface area contributed by atoms with Crippen LogP contribution in [0.15, 0.2) is 0 Å². The number of hydrogen-bond acceptors (Lipinski definition) is 3. The summed E-state index contributed by atoms with van der Waals surface area (Å²) in [5.74, 6) is -0.537. The van der Waals surface area contributed by atoms with E-state index in [-0.39, 0.29) is 18.3 Å². The molecule has 1 unspecified atom stereocenters. The number of likely N-dealkylation sites (tertiary alicyclic amines) is 1. The SMILES string of the molecule is Cl.NC(CC1CCCCC1)C(=O)N1CCC[C@H]1C(=O)O. The van der Waals surface area contributed by atoms with Crippen molar-refractivity contribution in [3.63, 3.8) is 0 Å². The second-order valence-electron chi connectivity index (χ2n) is 5.87. The molecule has 20 heavy (non-hydrogen) atoms. The Bertz CT molecular complexity index is 345. The molecule has 5 nitrogen and oxygen atoms in total. The van der Waals surface area contributed by atoms with E-state index in [9.17, 15) is 9.59 Å². The van der Waals surface area contributed by atoms with E-state index in [1.165, 1.54) is 24.2 Å². The van der Waals surface area contributed by atoms with Crippen LogP contribution >= 0.6 is 12.4 Å². The van der Waals surface area contributed by atoms with Gasteiger partial charge in [0, 0.05) is 6.54 Å². The molecule has 2 atom stereocenters. The Kier molecular flexibility index (Phi) is 6.76. The first-order valence-electron chi connectivity index (χ1n) is 7.38. The molecule has 0 aromatic carbocycles. The van der Waals surface area contributed by atoms with Crippen molar-refractivity contribution in [3.05, 3.63) is 0 Å². The van der Waals surface area contributed by atoms with E-state index >= 15 is 0 Å². The lowest BCUT2D eigenvalue weighted by molar-refractivity contribution is -0.148. The van der Waals surface area contributed by atoms with Gasteiger partial charge in [-0.25, -0.2) is 4.79 Å². The van der Waals surface area contributed by atoms with Crippen molar-refractivity contribution >= 4 is 24.3 Å². The standard InChI is InChI=1S/C14H24N2O3.ClH/c15-11(9-10-5-2-1-3-6-10)13(17)16-8-4-7-12(16)14(18)19;/h10-12H,1-9,15H2,(H,18,19);1H/t11?,12-;/m0./s1. The van der Waals surface area contributed by atoms with Crippen LogP contribution < -0.4 is 5.73 Å². The van der Waals surface area contributed by atoms with E-state index in [4.69, 9.17) is 10.8 Å².